The Bertz CT molecular complexity index is 655. The Morgan fingerprint density at radius 3 is 2.78 bits per heavy atom. The maximum absolute atomic E-state index is 11.7. The summed E-state index contributed by atoms with van der Waals surface area (Å²) in [4.78, 5) is 11.7. The molecule has 1 amide bonds. The normalized spacial score (nSPS) is 20.1. The lowest BCUT2D eigenvalue weighted by Crippen LogP contribution is -2.28. The molecule has 0 unspecified atom stereocenters. The summed E-state index contributed by atoms with van der Waals surface area (Å²) >= 11 is 1.34. The molecule has 2 heterocycles. The molecular weight excluding hydrogens is 336 g/mol. The fourth-order valence-corrected chi connectivity index (χ4v) is 5.06. The Kier molecular flexibility index (Phi) is 6.07. The first-order chi connectivity index (χ1) is 10.8. The van der Waals surface area contributed by atoms with Gasteiger partial charge in [0.25, 0.3) is 0 Å². The number of carbonyl (C=O) groups is 1. The summed E-state index contributed by atoms with van der Waals surface area (Å²) < 4.78 is 24.9. The Morgan fingerprint density at radius 2 is 2.17 bits per heavy atom. The van der Waals surface area contributed by atoms with Crippen molar-refractivity contribution in [2.24, 2.45) is 18.9 Å². The van der Waals surface area contributed by atoms with Gasteiger partial charge in [0.2, 0.25) is 5.91 Å². The highest BCUT2D eigenvalue weighted by molar-refractivity contribution is 7.99. The minimum Gasteiger partial charge on any atom is -0.355 e. The second-order valence-electron chi connectivity index (χ2n) is 6.42. The summed E-state index contributed by atoms with van der Waals surface area (Å²) in [5.41, 5.74) is 0. The number of aromatic nitrogens is 3. The van der Waals surface area contributed by atoms with Crippen LogP contribution in [0.2, 0.25) is 0 Å². The van der Waals surface area contributed by atoms with Crippen molar-refractivity contribution in [2.45, 2.75) is 31.8 Å². The van der Waals surface area contributed by atoms with Gasteiger partial charge in [0.15, 0.2) is 15.0 Å². The molecule has 1 aromatic heterocycles. The van der Waals surface area contributed by atoms with E-state index in [-0.39, 0.29) is 23.3 Å². The Labute approximate surface area is 141 Å². The van der Waals surface area contributed by atoms with E-state index in [2.05, 4.69) is 15.5 Å². The Balaban J connectivity index is 1.86. The number of hydrogen-bond donors (Lipinski definition) is 1. The Hall–Kier alpha value is -1.09. The van der Waals surface area contributed by atoms with E-state index >= 15 is 0 Å². The number of thioether (sulfide) groups is 1. The van der Waals surface area contributed by atoms with Crippen LogP contribution < -0.4 is 5.32 Å². The molecule has 1 aliphatic heterocycles. The largest absolute Gasteiger partial charge is 0.355 e. The van der Waals surface area contributed by atoms with Crippen LogP contribution in [0.3, 0.4) is 0 Å². The smallest absolute Gasteiger partial charge is 0.230 e. The molecule has 0 radical (unpaired) electrons. The first-order valence-electron chi connectivity index (χ1n) is 7.75. The van der Waals surface area contributed by atoms with Crippen molar-refractivity contribution in [2.75, 3.05) is 23.8 Å². The SMILES string of the molecule is CC(C)CNC(=O)CSc1nnc(C[C@H]2CCS(=O)(=O)C2)n1C. The third-order valence-electron chi connectivity index (χ3n) is 3.76. The van der Waals surface area contributed by atoms with Crippen LogP contribution in [-0.4, -0.2) is 52.9 Å². The molecular formula is C14H24N4O3S2. The highest BCUT2D eigenvalue weighted by Gasteiger charge is 2.29. The average Bonchev–Trinajstić information content (AvgIpc) is 2.98. The standard InChI is InChI=1S/C14H24N4O3S2/c1-10(2)7-15-13(19)8-22-14-17-16-12(18(14)3)6-11-4-5-23(20,21)9-11/h10-11H,4-9H2,1-3H3,(H,15,19)/t11-/m1/s1. The van der Waals surface area contributed by atoms with Crippen LogP contribution in [0.4, 0.5) is 0 Å². The van der Waals surface area contributed by atoms with Crippen LogP contribution in [-0.2, 0) is 28.1 Å². The van der Waals surface area contributed by atoms with Gasteiger partial charge in [-0.1, -0.05) is 25.6 Å². The Morgan fingerprint density at radius 1 is 1.43 bits per heavy atom. The lowest BCUT2D eigenvalue weighted by Gasteiger charge is -2.08. The number of sulfone groups is 1. The van der Waals surface area contributed by atoms with E-state index in [4.69, 9.17) is 0 Å². The van der Waals surface area contributed by atoms with Crippen molar-refractivity contribution in [1.29, 1.82) is 0 Å². The maximum atomic E-state index is 11.7. The van der Waals surface area contributed by atoms with Crippen molar-refractivity contribution >= 4 is 27.5 Å². The summed E-state index contributed by atoms with van der Waals surface area (Å²) in [5.74, 6) is 2.11. The molecule has 1 aromatic rings. The predicted octanol–water partition coefficient (Wildman–Crippen LogP) is 0.657. The summed E-state index contributed by atoms with van der Waals surface area (Å²) in [7, 11) is -1.02. The monoisotopic (exact) mass is 360 g/mol. The van der Waals surface area contributed by atoms with E-state index in [0.717, 1.165) is 5.82 Å². The molecule has 9 heteroatoms. The van der Waals surface area contributed by atoms with Gasteiger partial charge in [-0.15, -0.1) is 10.2 Å². The zero-order valence-corrected chi connectivity index (χ0v) is 15.4. The summed E-state index contributed by atoms with van der Waals surface area (Å²) in [5, 5.41) is 11.8. The number of hydrogen-bond acceptors (Lipinski definition) is 6. The predicted molar refractivity (Wildman–Crippen MR) is 90.0 cm³/mol. The fraction of sp³-hybridized carbons (Fsp3) is 0.786. The lowest BCUT2D eigenvalue weighted by molar-refractivity contribution is -0.118. The minimum absolute atomic E-state index is 0.0184. The van der Waals surface area contributed by atoms with Crippen molar-refractivity contribution in [1.82, 2.24) is 20.1 Å². The minimum atomic E-state index is -2.87. The van der Waals surface area contributed by atoms with Gasteiger partial charge >= 0.3 is 0 Å². The number of carbonyl (C=O) groups excluding carboxylic acids is 1. The molecule has 0 saturated carbocycles. The molecule has 1 fully saturated rings. The second-order valence-corrected chi connectivity index (χ2v) is 9.59. The van der Waals surface area contributed by atoms with E-state index in [1.165, 1.54) is 11.8 Å². The van der Waals surface area contributed by atoms with Crippen molar-refractivity contribution in [3.05, 3.63) is 5.82 Å². The molecule has 2 rings (SSSR count). The van der Waals surface area contributed by atoms with Gasteiger partial charge in [0.1, 0.15) is 5.82 Å². The molecule has 130 valence electrons. The van der Waals surface area contributed by atoms with Gasteiger partial charge in [-0.3, -0.25) is 4.79 Å². The molecule has 1 aliphatic rings. The lowest BCUT2D eigenvalue weighted by atomic mass is 10.1. The fourth-order valence-electron chi connectivity index (χ4n) is 2.44. The molecule has 1 N–H and O–H groups in total. The molecule has 1 saturated heterocycles. The van der Waals surface area contributed by atoms with Crippen molar-refractivity contribution in [3.8, 4) is 0 Å². The van der Waals surface area contributed by atoms with Crippen LogP contribution in [0.15, 0.2) is 5.16 Å². The van der Waals surface area contributed by atoms with E-state index in [9.17, 15) is 13.2 Å². The van der Waals surface area contributed by atoms with E-state index in [0.29, 0.717) is 36.2 Å². The van der Waals surface area contributed by atoms with Crippen LogP contribution >= 0.6 is 11.8 Å². The van der Waals surface area contributed by atoms with E-state index in [1.54, 1.807) is 0 Å². The quantitative estimate of drug-likeness (QED) is 0.718. The first-order valence-corrected chi connectivity index (χ1v) is 10.6. The third kappa shape index (κ3) is 5.49. The van der Waals surface area contributed by atoms with E-state index < -0.39 is 9.84 Å². The van der Waals surface area contributed by atoms with Gasteiger partial charge in [0, 0.05) is 20.0 Å². The van der Waals surface area contributed by atoms with Crippen LogP contribution in [0.5, 0.6) is 0 Å². The number of amides is 1. The molecule has 0 bridgehead atoms. The average molecular weight is 361 g/mol. The molecule has 23 heavy (non-hydrogen) atoms. The molecule has 1 atom stereocenters. The van der Waals surface area contributed by atoms with Crippen LogP contribution in [0.25, 0.3) is 0 Å². The van der Waals surface area contributed by atoms with Crippen molar-refractivity contribution in [3.63, 3.8) is 0 Å². The molecule has 0 spiro atoms. The molecule has 0 aliphatic carbocycles. The molecule has 7 nitrogen and oxygen atoms in total. The van der Waals surface area contributed by atoms with Gasteiger partial charge < -0.3 is 9.88 Å². The summed E-state index contributed by atoms with van der Waals surface area (Å²) in [6.45, 7) is 4.76. The van der Waals surface area contributed by atoms with Crippen LogP contribution in [0.1, 0.15) is 26.1 Å². The highest BCUT2D eigenvalue weighted by atomic mass is 32.2. The van der Waals surface area contributed by atoms with Gasteiger partial charge in [-0.2, -0.15) is 0 Å². The zero-order valence-electron chi connectivity index (χ0n) is 13.8. The summed E-state index contributed by atoms with van der Waals surface area (Å²) in [6.07, 6.45) is 1.30. The summed E-state index contributed by atoms with van der Waals surface area (Å²) in [6, 6.07) is 0. The number of nitrogens with one attached hydrogen (secondary N) is 1. The van der Waals surface area contributed by atoms with Crippen LogP contribution in [0, 0.1) is 11.8 Å². The number of rotatable bonds is 7. The molecule has 0 aromatic carbocycles. The van der Waals surface area contributed by atoms with Crippen molar-refractivity contribution < 1.29 is 13.2 Å². The second kappa shape index (κ2) is 7.65. The van der Waals surface area contributed by atoms with Gasteiger partial charge in [-0.25, -0.2) is 8.42 Å². The maximum Gasteiger partial charge on any atom is 0.230 e. The topological polar surface area (TPSA) is 94.0 Å². The van der Waals surface area contributed by atoms with Gasteiger partial charge in [-0.05, 0) is 18.3 Å². The number of nitrogens with zero attached hydrogens (tertiary/aromatic N) is 3. The zero-order chi connectivity index (χ0) is 17.0. The first kappa shape index (κ1) is 18.3. The van der Waals surface area contributed by atoms with Gasteiger partial charge in [0.05, 0.1) is 17.3 Å². The van der Waals surface area contributed by atoms with E-state index in [1.807, 2.05) is 25.5 Å². The highest BCUT2D eigenvalue weighted by Crippen LogP contribution is 2.23. The third-order valence-corrected chi connectivity index (χ3v) is 6.62.